The van der Waals surface area contributed by atoms with Crippen molar-refractivity contribution >= 4 is 21.6 Å². The normalized spacial score (nSPS) is 17.5. The minimum Gasteiger partial charge on any atom is -0.376 e. The summed E-state index contributed by atoms with van der Waals surface area (Å²) < 4.78 is 31.4. The first-order valence-corrected chi connectivity index (χ1v) is 10.6. The highest BCUT2D eigenvalue weighted by atomic mass is 32.2. The number of nitrogens with one attached hydrogen (secondary N) is 1. The molecule has 0 bridgehead atoms. The Morgan fingerprint density at radius 2 is 2.16 bits per heavy atom. The molecule has 1 unspecified atom stereocenters. The largest absolute Gasteiger partial charge is 0.376 e. The third-order valence-electron chi connectivity index (χ3n) is 4.44. The van der Waals surface area contributed by atoms with E-state index in [1.54, 1.807) is 0 Å². The van der Waals surface area contributed by atoms with Gasteiger partial charge in [0.15, 0.2) is 0 Å². The van der Waals surface area contributed by atoms with Crippen molar-refractivity contribution in [1.29, 1.82) is 0 Å². The number of hydrogen-bond donors (Lipinski definition) is 1. The van der Waals surface area contributed by atoms with Crippen molar-refractivity contribution in [2.75, 3.05) is 30.3 Å². The second-order valence-electron chi connectivity index (χ2n) is 6.46. The molecule has 1 aliphatic rings. The van der Waals surface area contributed by atoms with E-state index in [1.165, 1.54) is 10.6 Å². The van der Waals surface area contributed by atoms with E-state index < -0.39 is 10.0 Å². The van der Waals surface area contributed by atoms with E-state index in [4.69, 9.17) is 4.74 Å². The highest BCUT2D eigenvalue weighted by molar-refractivity contribution is 7.92. The second-order valence-corrected chi connectivity index (χ2v) is 8.37. The maximum Gasteiger partial charge on any atom is 0.232 e. The van der Waals surface area contributed by atoms with Gasteiger partial charge in [0.1, 0.15) is 0 Å². The third-order valence-corrected chi connectivity index (χ3v) is 5.61. The zero-order chi connectivity index (χ0) is 18.4. The van der Waals surface area contributed by atoms with E-state index in [-0.39, 0.29) is 25.0 Å². The summed E-state index contributed by atoms with van der Waals surface area (Å²) in [6.45, 7) is 5.25. The Labute approximate surface area is 150 Å². The average Bonchev–Trinajstić information content (AvgIpc) is 3.06. The van der Waals surface area contributed by atoms with Crippen LogP contribution in [-0.2, 0) is 26.0 Å². The van der Waals surface area contributed by atoms with Crippen LogP contribution in [0, 0.1) is 6.92 Å². The van der Waals surface area contributed by atoms with Crippen LogP contribution in [0.3, 0.4) is 0 Å². The van der Waals surface area contributed by atoms with Crippen molar-refractivity contribution in [3.05, 3.63) is 29.3 Å². The van der Waals surface area contributed by atoms with Crippen molar-refractivity contribution in [2.24, 2.45) is 0 Å². The molecule has 1 fully saturated rings. The fourth-order valence-corrected chi connectivity index (χ4v) is 4.15. The Morgan fingerprint density at radius 1 is 1.40 bits per heavy atom. The fourth-order valence-electron chi connectivity index (χ4n) is 3.13. The fraction of sp³-hybridized carbons (Fsp3) is 0.611. The van der Waals surface area contributed by atoms with Crippen LogP contribution in [0.4, 0.5) is 5.69 Å². The van der Waals surface area contributed by atoms with Crippen LogP contribution in [0.5, 0.6) is 0 Å². The lowest BCUT2D eigenvalue weighted by Crippen LogP contribution is -2.37. The number of aryl methyl sites for hydroxylation is 2. The van der Waals surface area contributed by atoms with Crippen LogP contribution in [0.1, 0.15) is 37.3 Å². The number of benzene rings is 1. The molecule has 1 heterocycles. The van der Waals surface area contributed by atoms with Gasteiger partial charge in [0.05, 0.1) is 18.0 Å². The molecule has 7 heteroatoms. The molecule has 2 rings (SSSR count). The van der Waals surface area contributed by atoms with Crippen LogP contribution in [0.2, 0.25) is 0 Å². The summed E-state index contributed by atoms with van der Waals surface area (Å²) in [6, 6.07) is 5.74. The van der Waals surface area contributed by atoms with Crippen molar-refractivity contribution in [3.8, 4) is 0 Å². The van der Waals surface area contributed by atoms with Crippen LogP contribution in [0.15, 0.2) is 18.2 Å². The van der Waals surface area contributed by atoms with Gasteiger partial charge in [-0.05, 0) is 37.3 Å². The van der Waals surface area contributed by atoms with E-state index >= 15 is 0 Å². The minimum absolute atomic E-state index is 0.0815. The molecule has 1 aromatic carbocycles. The van der Waals surface area contributed by atoms with Crippen LogP contribution >= 0.6 is 0 Å². The SMILES string of the molecule is CCc1cccc(C)c1N(CCC(=O)NCC1CCCO1)S(C)(=O)=O. The molecule has 0 aromatic heterocycles. The molecule has 140 valence electrons. The van der Waals surface area contributed by atoms with Gasteiger partial charge in [-0.2, -0.15) is 0 Å². The standard InChI is InChI=1S/C18H28N2O4S/c1-4-15-8-5-7-14(2)18(15)20(25(3,22)23)11-10-17(21)19-13-16-9-6-12-24-16/h5,7-8,16H,4,6,9-13H2,1-3H3,(H,19,21). The average molecular weight is 368 g/mol. The highest BCUT2D eigenvalue weighted by Crippen LogP contribution is 2.28. The van der Waals surface area contributed by atoms with Gasteiger partial charge in [0, 0.05) is 26.1 Å². The Kier molecular flexibility index (Phi) is 6.84. The van der Waals surface area contributed by atoms with Gasteiger partial charge in [-0.3, -0.25) is 9.10 Å². The predicted octanol–water partition coefficient (Wildman–Crippen LogP) is 2.01. The Bertz CT molecular complexity index is 697. The van der Waals surface area contributed by atoms with Gasteiger partial charge in [0.25, 0.3) is 0 Å². The number of nitrogens with zero attached hydrogens (tertiary/aromatic N) is 1. The first-order valence-electron chi connectivity index (χ1n) is 8.77. The molecule has 0 spiro atoms. The van der Waals surface area contributed by atoms with Gasteiger partial charge in [-0.15, -0.1) is 0 Å². The second kappa shape index (κ2) is 8.67. The number of amides is 1. The van der Waals surface area contributed by atoms with Gasteiger partial charge < -0.3 is 10.1 Å². The van der Waals surface area contributed by atoms with E-state index in [1.807, 2.05) is 32.0 Å². The maximum absolute atomic E-state index is 12.3. The number of hydrogen-bond acceptors (Lipinski definition) is 4. The maximum atomic E-state index is 12.3. The predicted molar refractivity (Wildman–Crippen MR) is 99.3 cm³/mol. The topological polar surface area (TPSA) is 75.7 Å². The Morgan fingerprint density at radius 3 is 2.76 bits per heavy atom. The number of rotatable bonds is 8. The molecule has 1 N–H and O–H groups in total. The molecule has 0 aliphatic carbocycles. The van der Waals surface area contributed by atoms with E-state index in [9.17, 15) is 13.2 Å². The zero-order valence-electron chi connectivity index (χ0n) is 15.2. The summed E-state index contributed by atoms with van der Waals surface area (Å²) in [5.41, 5.74) is 2.55. The summed E-state index contributed by atoms with van der Waals surface area (Å²) in [5, 5.41) is 2.84. The van der Waals surface area contributed by atoms with E-state index in [0.29, 0.717) is 12.2 Å². The first-order chi connectivity index (χ1) is 11.8. The van der Waals surface area contributed by atoms with Crippen LogP contribution in [-0.4, -0.2) is 46.4 Å². The number of sulfonamides is 1. The summed E-state index contributed by atoms with van der Waals surface area (Å²) >= 11 is 0. The quantitative estimate of drug-likeness (QED) is 0.762. The van der Waals surface area contributed by atoms with Crippen LogP contribution < -0.4 is 9.62 Å². The monoisotopic (exact) mass is 368 g/mol. The van der Waals surface area contributed by atoms with E-state index in [2.05, 4.69) is 5.32 Å². The third kappa shape index (κ3) is 5.44. The molecule has 0 saturated carbocycles. The number of para-hydroxylation sites is 1. The number of ether oxygens (including phenoxy) is 1. The van der Waals surface area contributed by atoms with Crippen molar-refractivity contribution < 1.29 is 17.9 Å². The summed E-state index contributed by atoms with van der Waals surface area (Å²) in [4.78, 5) is 12.1. The molecule has 1 atom stereocenters. The molecule has 25 heavy (non-hydrogen) atoms. The van der Waals surface area contributed by atoms with Crippen molar-refractivity contribution in [3.63, 3.8) is 0 Å². The number of carbonyl (C=O) groups excluding carboxylic acids is 1. The molecule has 0 radical (unpaired) electrons. The highest BCUT2D eigenvalue weighted by Gasteiger charge is 2.23. The molecule has 6 nitrogen and oxygen atoms in total. The van der Waals surface area contributed by atoms with Gasteiger partial charge in [-0.1, -0.05) is 25.1 Å². The van der Waals surface area contributed by atoms with Crippen LogP contribution in [0.25, 0.3) is 0 Å². The van der Waals surface area contributed by atoms with Gasteiger partial charge in [-0.25, -0.2) is 8.42 Å². The lowest BCUT2D eigenvalue weighted by Gasteiger charge is -2.26. The number of carbonyl (C=O) groups is 1. The summed E-state index contributed by atoms with van der Waals surface area (Å²) in [5.74, 6) is -0.157. The van der Waals surface area contributed by atoms with Gasteiger partial charge >= 0.3 is 0 Å². The lowest BCUT2D eigenvalue weighted by atomic mass is 10.1. The zero-order valence-corrected chi connectivity index (χ0v) is 16.1. The molecule has 1 aromatic rings. The smallest absolute Gasteiger partial charge is 0.232 e. The molecular formula is C18H28N2O4S. The lowest BCUT2D eigenvalue weighted by molar-refractivity contribution is -0.121. The summed E-state index contributed by atoms with van der Waals surface area (Å²) in [7, 11) is -3.47. The molecule has 1 amide bonds. The van der Waals surface area contributed by atoms with Crippen molar-refractivity contribution in [1.82, 2.24) is 5.32 Å². The Hall–Kier alpha value is -1.60. The van der Waals surface area contributed by atoms with Gasteiger partial charge in [0.2, 0.25) is 15.9 Å². The molecular weight excluding hydrogens is 340 g/mol. The number of anilines is 1. The minimum atomic E-state index is -3.47. The first kappa shape index (κ1) is 19.7. The molecule has 1 aliphatic heterocycles. The van der Waals surface area contributed by atoms with E-state index in [0.717, 1.165) is 37.0 Å². The molecule has 1 saturated heterocycles. The Balaban J connectivity index is 2.05. The summed E-state index contributed by atoms with van der Waals surface area (Å²) in [6.07, 6.45) is 4.10. The van der Waals surface area contributed by atoms with Crippen molar-refractivity contribution in [2.45, 2.75) is 45.6 Å².